The number of nitrogens with zero attached hydrogens (tertiary/aromatic N) is 4. The first-order chi connectivity index (χ1) is 28.4. The lowest BCUT2D eigenvalue weighted by Crippen LogP contribution is -2.30. The van der Waals surface area contributed by atoms with Crippen LogP contribution >= 0.6 is 57.1 Å². The van der Waals surface area contributed by atoms with Crippen molar-refractivity contribution < 1.29 is 0 Å². The van der Waals surface area contributed by atoms with Crippen molar-refractivity contribution >= 4 is 90.8 Å². The average Bonchev–Trinajstić information content (AvgIpc) is 4.08. The number of rotatable bonds is 19. The average molecular weight is 883 g/mol. The molecule has 58 heavy (non-hydrogen) atoms. The lowest BCUT2D eigenvalue weighted by atomic mass is 9.66. The highest BCUT2D eigenvalue weighted by atomic mass is 32.1. The molecular weight excluding hydrogens is 825 g/mol. The molecule has 10 heteroatoms. The van der Waals surface area contributed by atoms with Crippen LogP contribution in [0.5, 0.6) is 0 Å². The van der Waals surface area contributed by atoms with E-state index < -0.39 is 0 Å². The molecule has 9 rings (SSSR count). The fraction of sp³-hybridized carbons (Fsp3) is 0.542. The summed E-state index contributed by atoms with van der Waals surface area (Å²) in [4.78, 5) is 8.48. The van der Waals surface area contributed by atoms with Crippen LogP contribution in [0.25, 0.3) is 51.4 Å². The molecule has 4 nitrogen and oxygen atoms in total. The van der Waals surface area contributed by atoms with Crippen LogP contribution in [-0.4, -0.2) is 8.75 Å². The Hall–Kier alpha value is -2.34. The lowest BCUT2D eigenvalue weighted by molar-refractivity contribution is 0.284. The van der Waals surface area contributed by atoms with Gasteiger partial charge in [-0.15, -0.1) is 45.3 Å². The second kappa shape index (κ2) is 16.8. The summed E-state index contributed by atoms with van der Waals surface area (Å²) in [5.41, 5.74) is 12.6. The molecule has 306 valence electrons. The summed E-state index contributed by atoms with van der Waals surface area (Å²) in [7, 11) is 0. The predicted octanol–water partition coefficient (Wildman–Crippen LogP) is 18.0. The van der Waals surface area contributed by atoms with Crippen LogP contribution in [-0.2, 0) is 22.2 Å². The molecule has 6 aromatic rings. The van der Waals surface area contributed by atoms with Crippen LogP contribution in [0.1, 0.15) is 161 Å². The Kier molecular flexibility index (Phi) is 11.9. The molecule has 2 aliphatic carbocycles. The first-order valence-corrected chi connectivity index (χ1v) is 27.1. The van der Waals surface area contributed by atoms with Gasteiger partial charge in [0.25, 0.3) is 0 Å². The predicted molar refractivity (Wildman–Crippen MR) is 259 cm³/mol. The lowest BCUT2D eigenvalue weighted by Gasteiger charge is -2.36. The Bertz CT molecular complexity index is 2500. The highest BCUT2D eigenvalue weighted by Gasteiger charge is 2.48. The molecule has 0 amide bonds. The number of hydrogen-bond acceptors (Lipinski definition) is 9. The minimum atomic E-state index is 0.0402. The molecular formula is C48H58N4S6. The van der Waals surface area contributed by atoms with Gasteiger partial charge >= 0.3 is 0 Å². The van der Waals surface area contributed by atoms with Crippen molar-refractivity contribution in [1.29, 1.82) is 0 Å². The van der Waals surface area contributed by atoms with Crippen LogP contribution in [0.4, 0.5) is 11.4 Å². The van der Waals surface area contributed by atoms with Gasteiger partial charge in [0.15, 0.2) is 0 Å². The zero-order valence-electron chi connectivity index (χ0n) is 35.3. The first kappa shape index (κ1) is 41.0. The van der Waals surface area contributed by atoms with Gasteiger partial charge in [0, 0.05) is 51.2 Å². The number of hydrogen-bond donors (Lipinski definition) is 0. The maximum absolute atomic E-state index is 5.13. The van der Waals surface area contributed by atoms with Gasteiger partial charge in [0.2, 0.25) is 0 Å². The van der Waals surface area contributed by atoms with Crippen molar-refractivity contribution in [2.24, 2.45) is 26.5 Å². The van der Waals surface area contributed by atoms with Crippen LogP contribution < -0.4 is 0 Å². The van der Waals surface area contributed by atoms with E-state index in [4.69, 9.17) is 17.5 Å². The summed E-state index contributed by atoms with van der Waals surface area (Å²) in [5, 5.41) is 4.69. The molecule has 1 aromatic carbocycles. The minimum Gasteiger partial charge on any atom is -0.172 e. The Morgan fingerprint density at radius 1 is 0.586 bits per heavy atom. The smallest absolute Gasteiger partial charge is 0.116 e. The van der Waals surface area contributed by atoms with Gasteiger partial charge < -0.3 is 0 Å². The quantitative estimate of drug-likeness (QED) is 0.0812. The summed E-state index contributed by atoms with van der Waals surface area (Å²) in [6.45, 7) is 16.7. The fourth-order valence-electron chi connectivity index (χ4n) is 11.0. The van der Waals surface area contributed by atoms with Crippen LogP contribution in [0.15, 0.2) is 43.8 Å². The van der Waals surface area contributed by atoms with Crippen molar-refractivity contribution in [3.63, 3.8) is 0 Å². The van der Waals surface area contributed by atoms with Crippen LogP contribution in [0, 0.1) is 17.8 Å². The third-order valence-electron chi connectivity index (χ3n) is 14.1. The van der Waals surface area contributed by atoms with Gasteiger partial charge in [0.05, 0.1) is 23.1 Å². The molecule has 0 saturated heterocycles. The Morgan fingerprint density at radius 3 is 1.60 bits per heavy atom. The summed E-state index contributed by atoms with van der Waals surface area (Å²) in [6.07, 6.45) is 17.5. The molecule has 5 aromatic heterocycles. The second-order valence-electron chi connectivity index (χ2n) is 17.6. The maximum atomic E-state index is 5.13. The van der Waals surface area contributed by atoms with Crippen molar-refractivity contribution in [3.8, 4) is 40.4 Å². The zero-order valence-corrected chi connectivity index (χ0v) is 40.2. The van der Waals surface area contributed by atoms with E-state index in [-0.39, 0.29) is 10.8 Å². The van der Waals surface area contributed by atoms with Gasteiger partial charge in [-0.1, -0.05) is 113 Å². The van der Waals surface area contributed by atoms with E-state index in [0.717, 1.165) is 39.5 Å². The molecule has 5 unspecified atom stereocenters. The normalized spacial score (nSPS) is 20.3. The van der Waals surface area contributed by atoms with Gasteiger partial charge in [-0.05, 0) is 101 Å². The molecule has 1 aliphatic heterocycles. The Labute approximate surface area is 370 Å². The van der Waals surface area contributed by atoms with E-state index in [9.17, 15) is 0 Å². The van der Waals surface area contributed by atoms with Crippen LogP contribution in [0.3, 0.4) is 0 Å². The molecule has 0 fully saturated rings. The van der Waals surface area contributed by atoms with Gasteiger partial charge in [-0.3, -0.25) is 0 Å². The van der Waals surface area contributed by atoms with E-state index in [1.54, 1.807) is 22.3 Å². The molecule has 6 heterocycles. The van der Waals surface area contributed by atoms with Gasteiger partial charge in [-0.25, -0.2) is 0 Å². The number of fused-ring (bicyclic) bond motifs is 8. The fourth-order valence-corrected chi connectivity index (χ4v) is 17.0. The molecule has 5 atom stereocenters. The standard InChI is InChI=1S/C48H58N4S6/c1-8-14-16-29(12-5)26-47(20-10-3)31-18-21-53-43(31)45-33(47)23-35(55-45)37-39-41(51-57-49-39)38(42-40(37)50-58-52-42)36-24-34-46(56-36)44-32(19-22-54-44)48(34,25-28(7)11-4)27-30(13-6)17-15-9-2/h18-19,21-24,28-30H,8-17,20,25-27H2,1-7H3. The monoisotopic (exact) mass is 882 g/mol. The zero-order chi connectivity index (χ0) is 40.2. The molecule has 0 spiro atoms. The maximum Gasteiger partial charge on any atom is 0.116 e. The van der Waals surface area contributed by atoms with E-state index >= 15 is 0 Å². The largest absolute Gasteiger partial charge is 0.172 e. The van der Waals surface area contributed by atoms with Crippen molar-refractivity contribution in [3.05, 3.63) is 57.3 Å². The second-order valence-corrected chi connectivity index (χ2v) is 22.6. The van der Waals surface area contributed by atoms with E-state index in [1.165, 1.54) is 142 Å². The Morgan fingerprint density at radius 2 is 1.10 bits per heavy atom. The first-order valence-electron chi connectivity index (χ1n) is 22.2. The number of unbranched alkanes of at least 4 members (excludes halogenated alkanes) is 2. The van der Waals surface area contributed by atoms with Crippen molar-refractivity contribution in [1.82, 2.24) is 8.75 Å². The summed E-state index contributed by atoms with van der Waals surface area (Å²) in [6, 6.07) is 10.1. The van der Waals surface area contributed by atoms with Crippen molar-refractivity contribution in [2.45, 2.75) is 149 Å². The minimum absolute atomic E-state index is 0.0402. The molecule has 0 bridgehead atoms. The van der Waals surface area contributed by atoms with Gasteiger partial charge in [-0.2, -0.15) is 17.5 Å². The third kappa shape index (κ3) is 6.56. The highest BCUT2D eigenvalue weighted by Crippen LogP contribution is 2.65. The summed E-state index contributed by atoms with van der Waals surface area (Å²) in [5.74, 6) is 2.08. The van der Waals surface area contributed by atoms with E-state index in [2.05, 4.69) is 83.5 Å². The number of benzene rings is 1. The summed E-state index contributed by atoms with van der Waals surface area (Å²) >= 11 is 10.5. The third-order valence-corrected chi connectivity index (χ3v) is 19.6. The molecule has 3 aliphatic rings. The van der Waals surface area contributed by atoms with Gasteiger partial charge in [0.1, 0.15) is 22.4 Å². The summed E-state index contributed by atoms with van der Waals surface area (Å²) < 4.78 is 20.5. The topological polar surface area (TPSA) is 50.5 Å². The molecule has 0 saturated carbocycles. The Balaban J connectivity index is 1.19. The van der Waals surface area contributed by atoms with E-state index in [0.29, 0.717) is 11.8 Å². The SMILES string of the molecule is CCCCC(CC)CC1(CCC)c2ccsc2-c2sc(-c3c4c(c(-c5cc6c(s5)-c5sccc5C6(CC(C)CC)CC(CC)CCCC)c5nsnc35)N=S=N4)cc21. The number of thiophene rings is 4. The molecule has 0 N–H and O–H groups in total. The molecule has 0 radical (unpaired) electrons. The van der Waals surface area contributed by atoms with E-state index in [1.807, 2.05) is 45.3 Å². The number of aromatic nitrogens is 2. The highest BCUT2D eigenvalue weighted by molar-refractivity contribution is 7.58. The van der Waals surface area contributed by atoms with Crippen molar-refractivity contribution in [2.75, 3.05) is 0 Å². The van der Waals surface area contributed by atoms with Crippen LogP contribution in [0.2, 0.25) is 0 Å².